The number of fused-ring (bicyclic) bond motifs is 9. The molecule has 0 spiro atoms. The van der Waals surface area contributed by atoms with E-state index in [1.807, 2.05) is 30.7 Å². The zero-order chi connectivity index (χ0) is 46.7. The summed E-state index contributed by atoms with van der Waals surface area (Å²) < 4.78 is 4.49. The summed E-state index contributed by atoms with van der Waals surface area (Å²) in [5.41, 5.74) is 20.0. The molecule has 330 valence electrons. The van der Waals surface area contributed by atoms with Gasteiger partial charge in [-0.25, -0.2) is 29.9 Å². The number of aryl methyl sites for hydroxylation is 6. The van der Waals surface area contributed by atoms with Gasteiger partial charge in [-0.1, -0.05) is 94.0 Å². The number of hydrogen-bond donors (Lipinski definition) is 0. The van der Waals surface area contributed by atoms with E-state index in [-0.39, 0.29) is 5.92 Å². The predicted molar refractivity (Wildman–Crippen MR) is 279 cm³/mol. The number of hydrogen-bond acceptors (Lipinski definition) is 6. The highest BCUT2D eigenvalue weighted by atomic mass is 15.1. The summed E-state index contributed by atoms with van der Waals surface area (Å²) in [5.74, 6) is 3.23. The highest BCUT2D eigenvalue weighted by Crippen LogP contribution is 2.48. The van der Waals surface area contributed by atoms with Crippen molar-refractivity contribution in [3.05, 3.63) is 214 Å². The lowest BCUT2D eigenvalue weighted by Gasteiger charge is -2.15. The number of aromatic nitrogens is 8. The lowest BCUT2D eigenvalue weighted by molar-refractivity contribution is 0.929. The average molecular weight is 891 g/mol. The van der Waals surface area contributed by atoms with Crippen molar-refractivity contribution in [1.29, 1.82) is 0 Å². The van der Waals surface area contributed by atoms with E-state index < -0.39 is 0 Å². The topological polar surface area (TPSA) is 87.2 Å². The first-order valence-electron chi connectivity index (χ1n) is 23.5. The summed E-state index contributed by atoms with van der Waals surface area (Å²) in [5, 5.41) is 4.77. The van der Waals surface area contributed by atoms with Gasteiger partial charge in [0.15, 0.2) is 17.5 Å². The van der Waals surface area contributed by atoms with E-state index in [0.29, 0.717) is 17.5 Å². The molecule has 0 atom stereocenters. The lowest BCUT2D eigenvalue weighted by Crippen LogP contribution is -2.05. The van der Waals surface area contributed by atoms with Crippen molar-refractivity contribution in [3.63, 3.8) is 0 Å². The Morgan fingerprint density at radius 1 is 0.333 bits per heavy atom. The quantitative estimate of drug-likeness (QED) is 0.165. The van der Waals surface area contributed by atoms with E-state index in [1.54, 1.807) is 0 Å². The molecule has 69 heavy (non-hydrogen) atoms. The zero-order valence-electron chi connectivity index (χ0n) is 39.2. The third-order valence-electron chi connectivity index (χ3n) is 13.9. The molecular weight excluding hydrogens is 845 g/mol. The highest BCUT2D eigenvalue weighted by Gasteiger charge is 2.31. The molecule has 5 heterocycles. The van der Waals surface area contributed by atoms with Gasteiger partial charge < -0.3 is 0 Å². The molecule has 0 unspecified atom stereocenters. The lowest BCUT2D eigenvalue weighted by atomic mass is 9.92. The fourth-order valence-electron chi connectivity index (χ4n) is 10.7. The smallest absolute Gasteiger partial charge is 0.161 e. The van der Waals surface area contributed by atoms with Crippen molar-refractivity contribution in [2.24, 2.45) is 0 Å². The van der Waals surface area contributed by atoms with Crippen LogP contribution in [0.25, 0.3) is 101 Å². The molecule has 0 saturated carbocycles. The van der Waals surface area contributed by atoms with Gasteiger partial charge in [-0.2, -0.15) is 0 Å². The Morgan fingerprint density at radius 3 is 1.06 bits per heavy atom. The molecule has 12 aromatic rings. The van der Waals surface area contributed by atoms with E-state index >= 15 is 0 Å². The molecule has 0 aliphatic heterocycles. The van der Waals surface area contributed by atoms with Crippen molar-refractivity contribution in [2.45, 2.75) is 47.5 Å². The standard InChI is InChI=1S/C61H46N8/c1-34-7-13-43-45(25-34)46-26-35(2)8-14-44(46)58(43)51-19-22-62-59(65-51)40-31-41(60-63-23-20-56(66-60)68-52-15-9-36(3)27-47(52)48-28-37(4)10-16-53(48)68)33-42(32-40)61-64-24-21-57(67-61)69-54-17-11-38(5)29-49(54)50-30-39(6)12-18-55(50)69/h7-33,58H,1-6H3. The first-order valence-corrected chi connectivity index (χ1v) is 23.5. The average Bonchev–Trinajstić information content (AvgIpc) is 3.97. The third kappa shape index (κ3) is 6.66. The molecule has 8 heteroatoms. The van der Waals surface area contributed by atoms with Gasteiger partial charge in [-0.3, -0.25) is 9.13 Å². The van der Waals surface area contributed by atoms with Crippen LogP contribution in [0.15, 0.2) is 164 Å². The maximum absolute atomic E-state index is 5.42. The van der Waals surface area contributed by atoms with Gasteiger partial charge in [-0.05, 0) is 149 Å². The Bertz CT molecular complexity index is 3760. The summed E-state index contributed by atoms with van der Waals surface area (Å²) in [4.78, 5) is 31.0. The van der Waals surface area contributed by atoms with Gasteiger partial charge in [0, 0.05) is 56.8 Å². The summed E-state index contributed by atoms with van der Waals surface area (Å²) >= 11 is 0. The van der Waals surface area contributed by atoms with Crippen LogP contribution in [-0.2, 0) is 0 Å². The highest BCUT2D eigenvalue weighted by molar-refractivity contribution is 6.10. The van der Waals surface area contributed by atoms with E-state index in [2.05, 4.69) is 184 Å². The zero-order valence-corrected chi connectivity index (χ0v) is 39.2. The van der Waals surface area contributed by atoms with Gasteiger partial charge in [-0.15, -0.1) is 0 Å². The van der Waals surface area contributed by atoms with Crippen molar-refractivity contribution in [3.8, 4) is 56.9 Å². The Balaban J connectivity index is 1.00. The molecule has 1 aliphatic carbocycles. The van der Waals surface area contributed by atoms with Crippen molar-refractivity contribution >= 4 is 43.6 Å². The van der Waals surface area contributed by atoms with Gasteiger partial charge >= 0.3 is 0 Å². The summed E-state index contributed by atoms with van der Waals surface area (Å²) in [7, 11) is 0. The first-order chi connectivity index (χ1) is 33.6. The summed E-state index contributed by atoms with van der Waals surface area (Å²) in [6, 6.07) is 52.3. The van der Waals surface area contributed by atoms with E-state index in [4.69, 9.17) is 29.9 Å². The van der Waals surface area contributed by atoms with Gasteiger partial charge in [0.25, 0.3) is 0 Å². The number of benzene rings is 7. The first kappa shape index (κ1) is 40.6. The van der Waals surface area contributed by atoms with Crippen LogP contribution in [0.2, 0.25) is 0 Å². The van der Waals surface area contributed by atoms with Crippen LogP contribution < -0.4 is 0 Å². The van der Waals surface area contributed by atoms with E-state index in [9.17, 15) is 0 Å². The van der Waals surface area contributed by atoms with Crippen LogP contribution in [0.3, 0.4) is 0 Å². The Kier molecular flexibility index (Phi) is 9.11. The van der Waals surface area contributed by atoms with Crippen LogP contribution in [-0.4, -0.2) is 39.0 Å². The molecule has 0 bridgehead atoms. The molecule has 8 nitrogen and oxygen atoms in total. The third-order valence-corrected chi connectivity index (χ3v) is 13.9. The van der Waals surface area contributed by atoms with Crippen molar-refractivity contribution in [2.75, 3.05) is 0 Å². The Labute approximate surface area is 399 Å². The van der Waals surface area contributed by atoms with Gasteiger partial charge in [0.05, 0.1) is 33.7 Å². The van der Waals surface area contributed by atoms with E-state index in [0.717, 1.165) is 56.1 Å². The molecule has 0 fully saturated rings. The van der Waals surface area contributed by atoms with Gasteiger partial charge in [0.1, 0.15) is 11.6 Å². The fourth-order valence-corrected chi connectivity index (χ4v) is 10.7. The second-order valence-corrected chi connectivity index (χ2v) is 18.9. The minimum atomic E-state index is -0.0433. The van der Waals surface area contributed by atoms with Crippen molar-refractivity contribution in [1.82, 2.24) is 39.0 Å². The molecule has 0 amide bonds. The molecule has 7 aromatic carbocycles. The van der Waals surface area contributed by atoms with Crippen LogP contribution in [0.5, 0.6) is 0 Å². The second-order valence-electron chi connectivity index (χ2n) is 18.9. The van der Waals surface area contributed by atoms with Crippen LogP contribution in [0.4, 0.5) is 0 Å². The van der Waals surface area contributed by atoms with E-state index in [1.165, 1.54) is 77.2 Å². The minimum Gasteiger partial charge on any atom is -0.294 e. The molecule has 0 N–H and O–H groups in total. The Hall–Kier alpha value is -8.62. The molecule has 13 rings (SSSR count). The largest absolute Gasteiger partial charge is 0.294 e. The summed E-state index contributed by atoms with van der Waals surface area (Å²) in [6.07, 6.45) is 5.58. The molecule has 5 aromatic heterocycles. The molecule has 0 saturated heterocycles. The molecular formula is C61H46N8. The molecule has 1 aliphatic rings. The summed E-state index contributed by atoms with van der Waals surface area (Å²) in [6.45, 7) is 12.9. The number of rotatable bonds is 6. The molecule has 0 radical (unpaired) electrons. The predicted octanol–water partition coefficient (Wildman–Crippen LogP) is 14.3. The maximum atomic E-state index is 5.42. The van der Waals surface area contributed by atoms with Crippen LogP contribution in [0.1, 0.15) is 56.1 Å². The van der Waals surface area contributed by atoms with Gasteiger partial charge in [0.2, 0.25) is 0 Å². The Morgan fingerprint density at radius 2 is 0.667 bits per heavy atom. The second kappa shape index (κ2) is 15.5. The normalized spacial score (nSPS) is 12.4. The van der Waals surface area contributed by atoms with Crippen LogP contribution in [0, 0.1) is 41.5 Å². The maximum Gasteiger partial charge on any atom is 0.161 e. The van der Waals surface area contributed by atoms with Crippen LogP contribution >= 0.6 is 0 Å². The fraction of sp³-hybridized carbons (Fsp3) is 0.115. The SMILES string of the molecule is Cc1ccc2c(c1)-c1cc(C)ccc1C2c1ccnc(-c2cc(-c3nccc(-n4c5ccc(C)cc5c5cc(C)ccc54)n3)cc(-c3nccc(-n4c5ccc(C)cc5c5cc(C)ccc54)n3)c2)n1. The van der Waals surface area contributed by atoms with Crippen molar-refractivity contribution < 1.29 is 0 Å². The monoisotopic (exact) mass is 890 g/mol. The number of nitrogens with zero attached hydrogens (tertiary/aromatic N) is 8. The minimum absolute atomic E-state index is 0.0433.